The molecule has 4 nitrogen and oxygen atoms in total. The summed E-state index contributed by atoms with van der Waals surface area (Å²) >= 11 is 1.82. The zero-order valence-corrected chi connectivity index (χ0v) is 14.5. The third-order valence-corrected chi connectivity index (χ3v) is 5.93. The Balaban J connectivity index is 1.37. The fourth-order valence-electron chi connectivity index (χ4n) is 3.50. The highest BCUT2D eigenvalue weighted by molar-refractivity contribution is 7.14. The van der Waals surface area contributed by atoms with Crippen LogP contribution in [-0.4, -0.2) is 73.4 Å². The smallest absolute Gasteiger partial charge is 0.0909 e. The molecule has 0 amide bonds. The van der Waals surface area contributed by atoms with Crippen LogP contribution in [-0.2, 0) is 0 Å². The topological polar surface area (TPSA) is 30.0 Å². The number of nitrogens with zero attached hydrogens (tertiary/aromatic N) is 3. The molecule has 0 aromatic carbocycles. The molecule has 1 N–H and O–H groups in total. The van der Waals surface area contributed by atoms with Gasteiger partial charge in [0.1, 0.15) is 0 Å². The highest BCUT2D eigenvalue weighted by atomic mass is 32.1. The molecule has 1 aromatic heterocycles. The third-order valence-electron chi connectivity index (χ3n) is 5.00. The number of anilines is 1. The summed E-state index contributed by atoms with van der Waals surface area (Å²) in [5.41, 5.74) is 0. The van der Waals surface area contributed by atoms with E-state index in [0.29, 0.717) is 0 Å². The number of rotatable bonds is 5. The first-order valence-corrected chi connectivity index (χ1v) is 9.50. The van der Waals surface area contributed by atoms with Crippen molar-refractivity contribution >= 4 is 16.3 Å². The Morgan fingerprint density at radius 2 is 1.73 bits per heavy atom. The summed E-state index contributed by atoms with van der Waals surface area (Å²) in [6, 6.07) is 4.32. The van der Waals surface area contributed by atoms with Crippen molar-refractivity contribution in [2.45, 2.75) is 25.9 Å². The molecule has 2 aliphatic rings. The highest BCUT2D eigenvalue weighted by Gasteiger charge is 2.22. The Kier molecular flexibility index (Phi) is 5.74. The normalized spacial score (nSPS) is 23.8. The van der Waals surface area contributed by atoms with Crippen molar-refractivity contribution in [1.82, 2.24) is 9.80 Å². The zero-order valence-electron chi connectivity index (χ0n) is 13.7. The molecule has 0 spiro atoms. The van der Waals surface area contributed by atoms with Gasteiger partial charge < -0.3 is 14.9 Å². The largest absolute Gasteiger partial charge is 0.390 e. The molecule has 22 heavy (non-hydrogen) atoms. The molecule has 0 radical (unpaired) electrons. The molecule has 2 fully saturated rings. The maximum Gasteiger partial charge on any atom is 0.0909 e. The first kappa shape index (κ1) is 16.2. The molecule has 5 heteroatoms. The molecule has 1 unspecified atom stereocenters. The van der Waals surface area contributed by atoms with Crippen molar-refractivity contribution in [3.63, 3.8) is 0 Å². The number of hydrogen-bond acceptors (Lipinski definition) is 5. The van der Waals surface area contributed by atoms with E-state index in [1.54, 1.807) is 0 Å². The quantitative estimate of drug-likeness (QED) is 0.897. The second-order valence-electron chi connectivity index (χ2n) is 6.88. The number of piperidine rings is 1. The van der Waals surface area contributed by atoms with Crippen molar-refractivity contribution in [3.8, 4) is 0 Å². The lowest BCUT2D eigenvalue weighted by atomic mass is 9.99. The van der Waals surface area contributed by atoms with Crippen LogP contribution < -0.4 is 4.90 Å². The Hall–Kier alpha value is -0.620. The van der Waals surface area contributed by atoms with E-state index in [9.17, 15) is 5.11 Å². The first-order valence-electron chi connectivity index (χ1n) is 8.62. The van der Waals surface area contributed by atoms with Gasteiger partial charge in [0.15, 0.2) is 0 Å². The van der Waals surface area contributed by atoms with Gasteiger partial charge in [-0.1, -0.05) is 6.92 Å². The van der Waals surface area contributed by atoms with Crippen molar-refractivity contribution in [2.75, 3.05) is 57.3 Å². The van der Waals surface area contributed by atoms with Crippen LogP contribution in [0.25, 0.3) is 0 Å². The van der Waals surface area contributed by atoms with Gasteiger partial charge in [0.2, 0.25) is 0 Å². The summed E-state index contributed by atoms with van der Waals surface area (Å²) in [5.74, 6) is 0.860. The summed E-state index contributed by atoms with van der Waals surface area (Å²) in [5, 5.41) is 13.9. The van der Waals surface area contributed by atoms with Gasteiger partial charge in [-0.15, -0.1) is 11.3 Å². The van der Waals surface area contributed by atoms with E-state index in [1.165, 1.54) is 17.8 Å². The minimum atomic E-state index is -0.207. The summed E-state index contributed by atoms with van der Waals surface area (Å²) in [6.45, 7) is 10.6. The number of likely N-dealkylation sites (tertiary alicyclic amines) is 1. The fraction of sp³-hybridized carbons (Fsp3) is 0.765. The van der Waals surface area contributed by atoms with E-state index in [-0.39, 0.29) is 6.10 Å². The van der Waals surface area contributed by atoms with Gasteiger partial charge in [-0.3, -0.25) is 4.90 Å². The highest BCUT2D eigenvalue weighted by Crippen LogP contribution is 2.22. The Labute approximate surface area is 138 Å². The van der Waals surface area contributed by atoms with Crippen molar-refractivity contribution < 1.29 is 5.11 Å². The predicted octanol–water partition coefficient (Wildman–Crippen LogP) is 1.96. The Bertz CT molecular complexity index is 423. The van der Waals surface area contributed by atoms with E-state index in [4.69, 9.17) is 0 Å². The average molecular weight is 324 g/mol. The van der Waals surface area contributed by atoms with Crippen molar-refractivity contribution in [2.24, 2.45) is 5.92 Å². The van der Waals surface area contributed by atoms with Gasteiger partial charge in [0.25, 0.3) is 0 Å². The van der Waals surface area contributed by atoms with Gasteiger partial charge in [-0.25, -0.2) is 0 Å². The van der Waals surface area contributed by atoms with Crippen LogP contribution in [0.3, 0.4) is 0 Å². The molecule has 2 aliphatic heterocycles. The van der Waals surface area contributed by atoms with Gasteiger partial charge in [-0.2, -0.15) is 0 Å². The van der Waals surface area contributed by atoms with E-state index < -0.39 is 0 Å². The standard InChI is InChI=1S/C17H29N3OS/c1-15-4-6-18(7-5-15)13-16(21)14-19-8-10-20(11-9-19)17-3-2-12-22-17/h2-3,12,15-16,21H,4-11,13-14H2,1H3. The number of piperazine rings is 1. The monoisotopic (exact) mass is 323 g/mol. The first-order chi connectivity index (χ1) is 10.7. The molecule has 0 saturated carbocycles. The SMILES string of the molecule is CC1CCN(CC(O)CN2CCN(c3cccs3)CC2)CC1. The van der Waals surface area contributed by atoms with Crippen LogP contribution in [0, 0.1) is 5.92 Å². The molecule has 3 heterocycles. The molecular formula is C17H29N3OS. The molecule has 1 aromatic rings. The summed E-state index contributed by atoms with van der Waals surface area (Å²) in [4.78, 5) is 7.31. The van der Waals surface area contributed by atoms with Crippen LogP contribution in [0.4, 0.5) is 5.00 Å². The van der Waals surface area contributed by atoms with Crippen LogP contribution in [0.15, 0.2) is 17.5 Å². The van der Waals surface area contributed by atoms with Crippen LogP contribution in [0.1, 0.15) is 19.8 Å². The minimum Gasteiger partial charge on any atom is -0.390 e. The number of aliphatic hydroxyl groups is 1. The molecular weight excluding hydrogens is 294 g/mol. The van der Waals surface area contributed by atoms with E-state index in [1.807, 2.05) is 11.3 Å². The predicted molar refractivity (Wildman–Crippen MR) is 93.8 cm³/mol. The molecule has 1 atom stereocenters. The third kappa shape index (κ3) is 4.44. The second-order valence-corrected chi connectivity index (χ2v) is 7.80. The number of β-amino-alcohol motifs (C(OH)–C–C–N with tert-alkyl or cyclic N) is 1. The van der Waals surface area contributed by atoms with Crippen molar-refractivity contribution in [1.29, 1.82) is 0 Å². The lowest BCUT2D eigenvalue weighted by Crippen LogP contribution is -2.50. The molecule has 2 saturated heterocycles. The molecule has 3 rings (SSSR count). The maximum atomic E-state index is 10.4. The van der Waals surface area contributed by atoms with Gasteiger partial charge in [0.05, 0.1) is 11.1 Å². The number of thiophene rings is 1. The number of aliphatic hydroxyl groups excluding tert-OH is 1. The van der Waals surface area contributed by atoms with Crippen molar-refractivity contribution in [3.05, 3.63) is 17.5 Å². The Morgan fingerprint density at radius 3 is 2.32 bits per heavy atom. The summed E-state index contributed by atoms with van der Waals surface area (Å²) < 4.78 is 0. The fourth-order valence-corrected chi connectivity index (χ4v) is 4.28. The summed E-state index contributed by atoms with van der Waals surface area (Å²) in [7, 11) is 0. The molecule has 0 bridgehead atoms. The average Bonchev–Trinajstić information content (AvgIpc) is 3.05. The van der Waals surface area contributed by atoms with Crippen LogP contribution in [0.2, 0.25) is 0 Å². The molecule has 0 aliphatic carbocycles. The van der Waals surface area contributed by atoms with Gasteiger partial charge in [0, 0.05) is 39.3 Å². The van der Waals surface area contributed by atoms with E-state index in [0.717, 1.165) is 58.3 Å². The Morgan fingerprint density at radius 1 is 1.09 bits per heavy atom. The number of hydrogen-bond donors (Lipinski definition) is 1. The van der Waals surface area contributed by atoms with E-state index >= 15 is 0 Å². The minimum absolute atomic E-state index is 0.207. The van der Waals surface area contributed by atoms with Gasteiger partial charge >= 0.3 is 0 Å². The van der Waals surface area contributed by atoms with E-state index in [2.05, 4.69) is 39.1 Å². The lowest BCUT2D eigenvalue weighted by molar-refractivity contribution is 0.0597. The molecule has 124 valence electrons. The van der Waals surface area contributed by atoms with Crippen LogP contribution in [0.5, 0.6) is 0 Å². The lowest BCUT2D eigenvalue weighted by Gasteiger charge is -2.37. The summed E-state index contributed by atoms with van der Waals surface area (Å²) in [6.07, 6.45) is 2.36. The zero-order chi connectivity index (χ0) is 15.4. The second kappa shape index (κ2) is 7.77. The van der Waals surface area contributed by atoms with Gasteiger partial charge in [-0.05, 0) is 49.4 Å². The maximum absolute atomic E-state index is 10.4. The van der Waals surface area contributed by atoms with Crippen LogP contribution >= 0.6 is 11.3 Å².